The van der Waals surface area contributed by atoms with Crippen LogP contribution in [0.3, 0.4) is 0 Å². The lowest BCUT2D eigenvalue weighted by Gasteiger charge is -2.22. The Morgan fingerprint density at radius 3 is 2.82 bits per heavy atom. The molecular weight excluding hydrogens is 358 g/mol. The van der Waals surface area contributed by atoms with Crippen molar-refractivity contribution in [1.82, 2.24) is 20.2 Å². The lowest BCUT2D eigenvalue weighted by molar-refractivity contribution is 0.0706. The normalized spacial score (nSPS) is 16.3. The highest BCUT2D eigenvalue weighted by atomic mass is 16.5. The van der Waals surface area contributed by atoms with Crippen LogP contribution in [-0.4, -0.2) is 39.8 Å². The number of nitrogens with zero attached hydrogens (tertiary/aromatic N) is 3. The standard InChI is InChI=1S/C20H23N5O3/c1-28-19-13(10-23-18(26)12-6-7-17(21)22-9-12)8-15-16(24-19)11-25(20(15)27)14-4-2-3-5-14/h6-9,14H,2-5,10-11H2,1H3,(H2,21,22)(H,23,26). The minimum Gasteiger partial charge on any atom is -0.481 e. The van der Waals surface area contributed by atoms with Gasteiger partial charge in [0, 0.05) is 24.3 Å². The summed E-state index contributed by atoms with van der Waals surface area (Å²) in [6.45, 7) is 0.725. The van der Waals surface area contributed by atoms with E-state index >= 15 is 0 Å². The zero-order chi connectivity index (χ0) is 19.7. The van der Waals surface area contributed by atoms with Crippen molar-refractivity contribution in [3.63, 3.8) is 0 Å². The quantitative estimate of drug-likeness (QED) is 0.818. The van der Waals surface area contributed by atoms with Gasteiger partial charge in [-0.3, -0.25) is 9.59 Å². The van der Waals surface area contributed by atoms with E-state index in [1.54, 1.807) is 18.2 Å². The summed E-state index contributed by atoms with van der Waals surface area (Å²) in [5.74, 6) is 0.517. The van der Waals surface area contributed by atoms with E-state index in [2.05, 4.69) is 15.3 Å². The smallest absolute Gasteiger partial charge is 0.256 e. The van der Waals surface area contributed by atoms with Crippen molar-refractivity contribution in [2.24, 2.45) is 0 Å². The molecule has 0 spiro atoms. The van der Waals surface area contributed by atoms with Crippen LogP contribution in [0.25, 0.3) is 0 Å². The Kier molecular flexibility index (Phi) is 4.85. The first-order chi connectivity index (χ1) is 13.6. The summed E-state index contributed by atoms with van der Waals surface area (Å²) in [4.78, 5) is 35.6. The van der Waals surface area contributed by atoms with Gasteiger partial charge in [-0.1, -0.05) is 12.8 Å². The number of methoxy groups -OCH3 is 1. The Bertz CT molecular complexity index is 907. The molecule has 0 bridgehead atoms. The van der Waals surface area contributed by atoms with Gasteiger partial charge in [0.05, 0.1) is 30.5 Å². The maximum absolute atomic E-state index is 12.9. The summed E-state index contributed by atoms with van der Waals surface area (Å²) in [7, 11) is 1.54. The summed E-state index contributed by atoms with van der Waals surface area (Å²) in [5, 5.41) is 2.82. The molecule has 0 saturated heterocycles. The Morgan fingerprint density at radius 2 is 2.14 bits per heavy atom. The molecule has 146 valence electrons. The summed E-state index contributed by atoms with van der Waals surface area (Å²) in [6, 6.07) is 5.27. The van der Waals surface area contributed by atoms with Crippen LogP contribution >= 0.6 is 0 Å². The van der Waals surface area contributed by atoms with Gasteiger partial charge in [0.25, 0.3) is 11.8 Å². The molecule has 1 aliphatic heterocycles. The number of rotatable bonds is 5. The number of hydrogen-bond acceptors (Lipinski definition) is 6. The van der Waals surface area contributed by atoms with Crippen molar-refractivity contribution < 1.29 is 14.3 Å². The van der Waals surface area contributed by atoms with E-state index in [-0.39, 0.29) is 18.4 Å². The fraction of sp³-hybridized carbons (Fsp3) is 0.400. The van der Waals surface area contributed by atoms with Crippen LogP contribution in [0.2, 0.25) is 0 Å². The van der Waals surface area contributed by atoms with E-state index in [9.17, 15) is 9.59 Å². The summed E-state index contributed by atoms with van der Waals surface area (Å²) in [5.41, 5.74) is 7.97. The Labute approximate surface area is 163 Å². The van der Waals surface area contributed by atoms with E-state index in [1.807, 2.05) is 4.90 Å². The highest BCUT2D eigenvalue weighted by Crippen LogP contribution is 2.33. The average Bonchev–Trinajstić information content (AvgIpc) is 3.34. The fourth-order valence-electron chi connectivity index (χ4n) is 3.90. The first-order valence-corrected chi connectivity index (χ1v) is 9.44. The van der Waals surface area contributed by atoms with Gasteiger partial charge in [-0.15, -0.1) is 0 Å². The highest BCUT2D eigenvalue weighted by Gasteiger charge is 2.35. The minimum atomic E-state index is -0.283. The summed E-state index contributed by atoms with van der Waals surface area (Å²) >= 11 is 0. The molecule has 2 aromatic rings. The highest BCUT2D eigenvalue weighted by molar-refractivity contribution is 5.98. The van der Waals surface area contributed by atoms with Gasteiger partial charge in [0.2, 0.25) is 5.88 Å². The first-order valence-electron chi connectivity index (χ1n) is 9.44. The number of carbonyl (C=O) groups is 2. The molecule has 8 nitrogen and oxygen atoms in total. The van der Waals surface area contributed by atoms with Crippen LogP contribution in [0, 0.1) is 0 Å². The van der Waals surface area contributed by atoms with Crippen molar-refractivity contribution in [2.45, 2.75) is 44.8 Å². The van der Waals surface area contributed by atoms with Crippen LogP contribution < -0.4 is 15.8 Å². The molecule has 1 aliphatic carbocycles. The second-order valence-corrected chi connectivity index (χ2v) is 7.18. The number of nitrogen functional groups attached to an aromatic ring is 1. The molecule has 0 atom stereocenters. The molecule has 3 heterocycles. The number of pyridine rings is 2. The second kappa shape index (κ2) is 7.46. The maximum atomic E-state index is 12.9. The van der Waals surface area contributed by atoms with Gasteiger partial charge < -0.3 is 20.7 Å². The lowest BCUT2D eigenvalue weighted by atomic mass is 10.1. The molecule has 0 unspecified atom stereocenters. The third kappa shape index (κ3) is 3.37. The predicted molar refractivity (Wildman–Crippen MR) is 103 cm³/mol. The molecule has 0 radical (unpaired) electrons. The number of anilines is 1. The number of amides is 2. The third-order valence-corrected chi connectivity index (χ3v) is 5.40. The molecule has 0 aromatic carbocycles. The average molecular weight is 381 g/mol. The van der Waals surface area contributed by atoms with Crippen LogP contribution in [0.5, 0.6) is 5.88 Å². The summed E-state index contributed by atoms with van der Waals surface area (Å²) < 4.78 is 5.40. The molecule has 1 saturated carbocycles. The van der Waals surface area contributed by atoms with Gasteiger partial charge in [0.1, 0.15) is 5.82 Å². The Hall–Kier alpha value is -3.16. The number of nitrogens with two attached hydrogens (primary N) is 1. The molecule has 2 aromatic heterocycles. The van der Waals surface area contributed by atoms with Crippen molar-refractivity contribution in [3.8, 4) is 5.88 Å². The minimum absolute atomic E-state index is 0.0207. The molecule has 28 heavy (non-hydrogen) atoms. The van der Waals surface area contributed by atoms with Crippen molar-refractivity contribution in [1.29, 1.82) is 0 Å². The largest absolute Gasteiger partial charge is 0.481 e. The van der Waals surface area contributed by atoms with E-state index in [1.165, 1.54) is 26.1 Å². The van der Waals surface area contributed by atoms with E-state index in [0.29, 0.717) is 41.0 Å². The van der Waals surface area contributed by atoms with E-state index in [4.69, 9.17) is 10.5 Å². The Balaban J connectivity index is 1.51. The SMILES string of the molecule is COc1nc2c(cc1CNC(=O)c1ccc(N)nc1)C(=O)N(C1CCCC1)C2. The number of fused-ring (bicyclic) bond motifs is 1. The lowest BCUT2D eigenvalue weighted by Crippen LogP contribution is -2.33. The first kappa shape index (κ1) is 18.2. The van der Waals surface area contributed by atoms with Gasteiger partial charge in [0.15, 0.2) is 0 Å². The maximum Gasteiger partial charge on any atom is 0.256 e. The number of nitrogens with one attached hydrogen (secondary N) is 1. The van der Waals surface area contributed by atoms with Gasteiger partial charge in [-0.2, -0.15) is 0 Å². The topological polar surface area (TPSA) is 110 Å². The van der Waals surface area contributed by atoms with Crippen LogP contribution in [0.15, 0.2) is 24.4 Å². The number of aromatic nitrogens is 2. The van der Waals surface area contributed by atoms with Gasteiger partial charge in [-0.25, -0.2) is 9.97 Å². The molecule has 8 heteroatoms. The van der Waals surface area contributed by atoms with Gasteiger partial charge >= 0.3 is 0 Å². The van der Waals surface area contributed by atoms with Gasteiger partial charge in [-0.05, 0) is 31.0 Å². The molecule has 2 amide bonds. The van der Waals surface area contributed by atoms with Crippen molar-refractivity contribution in [2.75, 3.05) is 12.8 Å². The Morgan fingerprint density at radius 1 is 1.36 bits per heavy atom. The molecular formula is C20H23N5O3. The number of hydrogen-bond donors (Lipinski definition) is 2. The molecule has 3 N–H and O–H groups in total. The van der Waals surface area contributed by atoms with Crippen LogP contribution in [0.1, 0.15) is 57.7 Å². The molecule has 2 aliphatic rings. The number of ether oxygens (including phenoxy) is 1. The molecule has 4 rings (SSSR count). The predicted octanol–water partition coefficient (Wildman–Crippen LogP) is 1.90. The van der Waals surface area contributed by atoms with Crippen molar-refractivity contribution >= 4 is 17.6 Å². The number of carbonyl (C=O) groups excluding carboxylic acids is 2. The van der Waals surface area contributed by atoms with E-state index in [0.717, 1.165) is 18.5 Å². The monoisotopic (exact) mass is 381 g/mol. The molecule has 1 fully saturated rings. The second-order valence-electron chi connectivity index (χ2n) is 7.18. The van der Waals surface area contributed by atoms with E-state index < -0.39 is 0 Å². The summed E-state index contributed by atoms with van der Waals surface area (Å²) in [6.07, 6.45) is 5.86. The zero-order valence-electron chi connectivity index (χ0n) is 15.8. The van der Waals surface area contributed by atoms with Crippen molar-refractivity contribution in [3.05, 3.63) is 46.8 Å². The van der Waals surface area contributed by atoms with Crippen LogP contribution in [-0.2, 0) is 13.1 Å². The third-order valence-electron chi connectivity index (χ3n) is 5.40. The zero-order valence-corrected chi connectivity index (χ0v) is 15.8. The van der Waals surface area contributed by atoms with Crippen LogP contribution in [0.4, 0.5) is 5.82 Å². The fourth-order valence-corrected chi connectivity index (χ4v) is 3.90.